The number of halogens is 6. The summed E-state index contributed by atoms with van der Waals surface area (Å²) in [5.74, 6) is -5.00. The van der Waals surface area contributed by atoms with Gasteiger partial charge in [-0.3, -0.25) is 0 Å². The molecule has 6 heterocycles. The van der Waals surface area contributed by atoms with Crippen LogP contribution in [0.5, 0.6) is 11.8 Å². The number of imidazole rings is 2. The van der Waals surface area contributed by atoms with Gasteiger partial charge in [-0.05, 0) is 134 Å². The van der Waals surface area contributed by atoms with Gasteiger partial charge in [-0.2, -0.15) is 10.5 Å². The molecule has 0 amide bonds. The van der Waals surface area contributed by atoms with Crippen molar-refractivity contribution in [3.63, 3.8) is 0 Å². The van der Waals surface area contributed by atoms with E-state index in [4.69, 9.17) is 39.4 Å². The fraction of sp³-hybridized carbons (Fsp3) is 0.235. The molecule has 0 aliphatic carbocycles. The molecule has 0 unspecified atom stereocenters. The monoisotopic (exact) mass is 1220 g/mol. The molecule has 0 spiro atoms. The lowest BCUT2D eigenvalue weighted by Gasteiger charge is -2.22. The van der Waals surface area contributed by atoms with E-state index in [0.717, 1.165) is 49.2 Å². The minimum absolute atomic E-state index is 0.0419. The van der Waals surface area contributed by atoms with Crippen molar-refractivity contribution < 1.29 is 65.1 Å². The topological polar surface area (TPSA) is 221 Å². The third-order valence-electron chi connectivity index (χ3n) is 15.9. The van der Waals surface area contributed by atoms with Crippen LogP contribution in [0.2, 0.25) is 0 Å². The maximum atomic E-state index is 15.6. The molecule has 2 aliphatic heterocycles. The number of hydrogen-bond acceptors (Lipinski definition) is 12. The molecule has 2 saturated heterocycles. The highest BCUT2D eigenvalue weighted by Crippen LogP contribution is 2.38. The van der Waals surface area contributed by atoms with E-state index in [2.05, 4.69) is 9.97 Å². The SMILES string of the molecule is CC[C@@H]1OCC[C@H]1n1c(Cc2cc(F)c(-c3cccc(OCc4ccc(C#N)cc4F)n3)cc2F)nc2ccc(C(=O)O)cc21.CC[C@@H]1OCC[C@H]1n1c(Cc2cc(F)c(-c3cccc(OCc4ccc(C#N)cc4F)n3)cc2F)nc2ccc(C(=O)O)cc21. The lowest BCUT2D eigenvalue weighted by Crippen LogP contribution is -2.21. The van der Waals surface area contributed by atoms with Crippen LogP contribution in [0.15, 0.2) is 133 Å². The Morgan fingerprint density at radius 3 is 1.31 bits per heavy atom. The van der Waals surface area contributed by atoms with Crippen LogP contribution in [0, 0.1) is 57.6 Å². The predicted molar refractivity (Wildman–Crippen MR) is 316 cm³/mol. The van der Waals surface area contributed by atoms with Crippen LogP contribution in [0.4, 0.5) is 26.3 Å². The van der Waals surface area contributed by atoms with E-state index in [1.807, 2.05) is 35.1 Å². The number of benzene rings is 6. The molecule has 16 nitrogen and oxygen atoms in total. The first-order valence-electron chi connectivity index (χ1n) is 28.8. The van der Waals surface area contributed by atoms with Gasteiger partial charge in [-0.25, -0.2) is 55.9 Å². The van der Waals surface area contributed by atoms with E-state index < -0.39 is 46.8 Å². The number of rotatable bonds is 18. The molecule has 2 N–H and O–H groups in total. The molecule has 2 aliphatic rings. The van der Waals surface area contributed by atoms with Gasteiger partial charge >= 0.3 is 11.9 Å². The summed E-state index contributed by atoms with van der Waals surface area (Å²) in [4.78, 5) is 41.4. The van der Waals surface area contributed by atoms with Gasteiger partial charge in [0.25, 0.3) is 0 Å². The minimum atomic E-state index is -1.07. The molecule has 0 saturated carbocycles. The van der Waals surface area contributed by atoms with E-state index in [1.54, 1.807) is 36.4 Å². The van der Waals surface area contributed by atoms with Gasteiger partial charge in [-0.15, -0.1) is 0 Å². The Morgan fingerprint density at radius 1 is 0.522 bits per heavy atom. The number of carboxylic acids is 2. The summed E-state index contributed by atoms with van der Waals surface area (Å²) in [6.45, 7) is 4.69. The first-order valence-corrected chi connectivity index (χ1v) is 28.8. The zero-order valence-electron chi connectivity index (χ0n) is 48.3. The van der Waals surface area contributed by atoms with Crippen LogP contribution < -0.4 is 9.47 Å². The Hall–Kier alpha value is -10.4. The van der Waals surface area contributed by atoms with Crippen LogP contribution in [0.3, 0.4) is 0 Å². The van der Waals surface area contributed by atoms with Gasteiger partial charge in [0.15, 0.2) is 0 Å². The molecule has 4 aromatic heterocycles. The minimum Gasteiger partial charge on any atom is -0.478 e. The van der Waals surface area contributed by atoms with E-state index >= 15 is 17.6 Å². The van der Waals surface area contributed by atoms with Crippen molar-refractivity contribution in [2.24, 2.45) is 0 Å². The number of pyridine rings is 2. The van der Waals surface area contributed by atoms with Gasteiger partial charge in [0, 0.05) is 60.4 Å². The molecule has 456 valence electrons. The largest absolute Gasteiger partial charge is 0.478 e. The fourth-order valence-electron chi connectivity index (χ4n) is 11.4. The molecule has 22 heteroatoms. The highest BCUT2D eigenvalue weighted by Gasteiger charge is 2.34. The highest BCUT2D eigenvalue weighted by atomic mass is 19.1. The third-order valence-corrected chi connectivity index (χ3v) is 15.9. The first-order chi connectivity index (χ1) is 43.5. The number of nitriles is 2. The summed E-state index contributed by atoms with van der Waals surface area (Å²) in [7, 11) is 0. The van der Waals surface area contributed by atoms with Crippen molar-refractivity contribution in [2.75, 3.05) is 13.2 Å². The normalized spacial score (nSPS) is 16.2. The number of ether oxygens (including phenoxy) is 4. The average Bonchev–Trinajstić information content (AvgIpc) is 1.62. The van der Waals surface area contributed by atoms with Crippen LogP contribution in [-0.4, -0.2) is 76.6 Å². The maximum Gasteiger partial charge on any atom is 0.335 e. The second-order valence-corrected chi connectivity index (χ2v) is 21.5. The summed E-state index contributed by atoms with van der Waals surface area (Å²) < 4.78 is 118. The van der Waals surface area contributed by atoms with Crippen LogP contribution >= 0.6 is 0 Å². The number of aromatic carboxylic acids is 2. The summed E-state index contributed by atoms with van der Waals surface area (Å²) in [6.07, 6.45) is 2.44. The Bertz CT molecular complexity index is 4220. The molecule has 10 aromatic rings. The zero-order valence-corrected chi connectivity index (χ0v) is 48.3. The van der Waals surface area contributed by atoms with E-state index in [0.29, 0.717) is 59.8 Å². The zero-order chi connectivity index (χ0) is 63.3. The Kier molecular flexibility index (Phi) is 18.0. The fourth-order valence-corrected chi connectivity index (χ4v) is 11.4. The van der Waals surface area contributed by atoms with Crippen LogP contribution in [0.1, 0.15) is 117 Å². The van der Waals surface area contributed by atoms with Gasteiger partial charge < -0.3 is 38.3 Å². The predicted octanol–water partition coefficient (Wildman–Crippen LogP) is 14.0. The lowest BCUT2D eigenvalue weighted by atomic mass is 10.0. The number of carbonyl (C=O) groups is 2. The van der Waals surface area contributed by atoms with Crippen molar-refractivity contribution in [3.8, 4) is 46.4 Å². The molecule has 90 heavy (non-hydrogen) atoms. The van der Waals surface area contributed by atoms with Crippen molar-refractivity contribution >= 4 is 34.0 Å². The Morgan fingerprint density at radius 2 is 0.933 bits per heavy atom. The van der Waals surface area contributed by atoms with E-state index in [9.17, 15) is 28.6 Å². The van der Waals surface area contributed by atoms with E-state index in [-0.39, 0.29) is 129 Å². The number of hydrogen-bond donors (Lipinski definition) is 2. The summed E-state index contributed by atoms with van der Waals surface area (Å²) in [5.41, 5.74) is 3.50. The number of aromatic nitrogens is 6. The Labute approximate surface area is 510 Å². The molecular formula is C68H54F6N8O8. The van der Waals surface area contributed by atoms with Crippen molar-refractivity contribution in [2.45, 2.75) is 89.9 Å². The standard InChI is InChI=1S/2C34H27F3N4O4/c2*1-2-31-29(10-11-44-31)41-30-14-20(34(42)43)8-9-28(30)39-32(41)15-22-13-26(37)23(16-25(22)36)27-4-3-5-33(40-27)45-18-21-7-6-19(17-38)12-24(21)35/h2*3-9,12-14,16,29,31H,2,10-11,15,18H2,1H3,(H,42,43)/t2*29-,31+/m11/s1. The summed E-state index contributed by atoms with van der Waals surface area (Å²) in [6, 6.07) is 34.3. The quantitative estimate of drug-likeness (QED) is 0.0764. The van der Waals surface area contributed by atoms with Crippen molar-refractivity contribution in [1.82, 2.24) is 29.1 Å². The van der Waals surface area contributed by atoms with Gasteiger partial charge in [0.2, 0.25) is 11.8 Å². The average molecular weight is 1230 g/mol. The number of fused-ring (bicyclic) bond motifs is 2. The molecule has 4 atom stereocenters. The third kappa shape index (κ3) is 12.9. The Balaban J connectivity index is 0.000000185. The second-order valence-electron chi connectivity index (χ2n) is 21.5. The summed E-state index contributed by atoms with van der Waals surface area (Å²) >= 11 is 0. The molecule has 6 aromatic carbocycles. The molecule has 0 radical (unpaired) electrons. The van der Waals surface area contributed by atoms with Crippen LogP contribution in [-0.2, 0) is 35.5 Å². The number of nitrogens with zero attached hydrogens (tertiary/aromatic N) is 8. The lowest BCUT2D eigenvalue weighted by molar-refractivity contribution is 0.0686. The number of carboxylic acid groups (broad SMARTS) is 2. The summed E-state index contributed by atoms with van der Waals surface area (Å²) in [5, 5.41) is 37.0. The molecule has 12 rings (SSSR count). The molecular weight excluding hydrogens is 1170 g/mol. The highest BCUT2D eigenvalue weighted by molar-refractivity contribution is 5.93. The van der Waals surface area contributed by atoms with Gasteiger partial charge in [0.1, 0.15) is 59.8 Å². The smallest absolute Gasteiger partial charge is 0.335 e. The van der Waals surface area contributed by atoms with Crippen molar-refractivity contribution in [1.29, 1.82) is 10.5 Å². The van der Waals surface area contributed by atoms with Gasteiger partial charge in [0.05, 0.1) is 92.1 Å². The van der Waals surface area contributed by atoms with Crippen molar-refractivity contribution in [3.05, 3.63) is 225 Å². The van der Waals surface area contributed by atoms with Gasteiger partial charge in [-0.1, -0.05) is 38.1 Å². The van der Waals surface area contributed by atoms with E-state index in [1.165, 1.54) is 60.7 Å². The van der Waals surface area contributed by atoms with Crippen LogP contribution in [0.25, 0.3) is 44.6 Å². The molecule has 0 bridgehead atoms. The molecule has 2 fully saturated rings. The second kappa shape index (κ2) is 26.5. The first kappa shape index (κ1) is 61.2. The maximum absolute atomic E-state index is 15.6.